The zero-order valence-electron chi connectivity index (χ0n) is 16.4. The van der Waals surface area contributed by atoms with E-state index in [0.29, 0.717) is 11.8 Å². The summed E-state index contributed by atoms with van der Waals surface area (Å²) in [6.07, 6.45) is 5.42. The summed E-state index contributed by atoms with van der Waals surface area (Å²) in [6, 6.07) is 4.31. The molecule has 2 N–H and O–H groups in total. The van der Waals surface area contributed by atoms with E-state index in [-0.39, 0.29) is 6.10 Å². The number of fused-ring (bicyclic) bond motifs is 1. The van der Waals surface area contributed by atoms with Gasteiger partial charge < -0.3 is 15.2 Å². The van der Waals surface area contributed by atoms with Crippen LogP contribution in [-0.4, -0.2) is 53.9 Å². The molecule has 3 atom stereocenters. The molecule has 0 saturated carbocycles. The first-order chi connectivity index (χ1) is 12.6. The Morgan fingerprint density at radius 3 is 2.65 bits per heavy atom. The summed E-state index contributed by atoms with van der Waals surface area (Å²) in [4.78, 5) is 1.28. The van der Waals surface area contributed by atoms with Gasteiger partial charge in [0.1, 0.15) is 18.0 Å². The fourth-order valence-corrected chi connectivity index (χ4v) is 5.52. The first kappa shape index (κ1) is 24.4. The molecular weight excluding hydrogens is 402 g/mol. The molecule has 1 aromatic carbocycles. The van der Waals surface area contributed by atoms with Gasteiger partial charge in [0.25, 0.3) is 0 Å². The molecular formula is C19H33NO2S4. The smallest absolute Gasteiger partial charge is 0.130 e. The normalized spacial score (nSPS) is 17.7. The molecule has 1 heterocycles. The molecule has 1 aliphatic heterocycles. The lowest BCUT2D eigenvalue weighted by atomic mass is 10.0. The van der Waals surface area contributed by atoms with Crippen LogP contribution in [0.5, 0.6) is 5.75 Å². The Labute approximate surface area is 177 Å². The topological polar surface area (TPSA) is 41.5 Å². The summed E-state index contributed by atoms with van der Waals surface area (Å²) >= 11 is 6.14. The molecule has 7 heteroatoms. The fraction of sp³-hybridized carbons (Fsp3) is 0.684. The second kappa shape index (κ2) is 13.5. The third kappa shape index (κ3) is 7.40. The molecule has 1 aliphatic rings. The van der Waals surface area contributed by atoms with E-state index in [1.807, 2.05) is 25.6 Å². The van der Waals surface area contributed by atoms with Crippen LogP contribution in [-0.2, 0) is 6.42 Å². The SMILES string of the molecule is CC.CSSc1cc2c(cc1C)OC(C(O)CNCC(CCS)SC)C2. The van der Waals surface area contributed by atoms with Crippen molar-refractivity contribution >= 4 is 46.0 Å². The van der Waals surface area contributed by atoms with E-state index >= 15 is 0 Å². The minimum Gasteiger partial charge on any atom is -0.487 e. The van der Waals surface area contributed by atoms with Crippen molar-refractivity contribution in [3.05, 3.63) is 23.3 Å². The largest absolute Gasteiger partial charge is 0.487 e. The third-order valence-electron chi connectivity index (χ3n) is 4.17. The van der Waals surface area contributed by atoms with Gasteiger partial charge in [-0.2, -0.15) is 24.4 Å². The van der Waals surface area contributed by atoms with E-state index in [2.05, 4.69) is 49.5 Å². The summed E-state index contributed by atoms with van der Waals surface area (Å²) in [5, 5.41) is 14.4. The number of aliphatic hydroxyl groups excluding tert-OH is 1. The molecule has 0 aliphatic carbocycles. The number of benzene rings is 1. The van der Waals surface area contributed by atoms with Crippen LogP contribution >= 0.6 is 46.0 Å². The summed E-state index contributed by atoms with van der Waals surface area (Å²) in [7, 11) is 3.53. The van der Waals surface area contributed by atoms with Crippen LogP contribution in [0.1, 0.15) is 31.4 Å². The Morgan fingerprint density at radius 1 is 1.31 bits per heavy atom. The molecule has 26 heavy (non-hydrogen) atoms. The van der Waals surface area contributed by atoms with Crippen molar-refractivity contribution in [3.8, 4) is 5.75 Å². The number of rotatable bonds is 10. The van der Waals surface area contributed by atoms with E-state index in [0.717, 1.165) is 30.9 Å². The Hall–Kier alpha value is 0.340. The second-order valence-electron chi connectivity index (χ2n) is 5.93. The first-order valence-electron chi connectivity index (χ1n) is 9.12. The van der Waals surface area contributed by atoms with E-state index < -0.39 is 6.10 Å². The summed E-state index contributed by atoms with van der Waals surface area (Å²) in [6.45, 7) is 7.57. The Kier molecular flexibility index (Phi) is 12.7. The molecule has 150 valence electrons. The zero-order valence-corrected chi connectivity index (χ0v) is 19.8. The van der Waals surface area contributed by atoms with E-state index in [9.17, 15) is 5.11 Å². The van der Waals surface area contributed by atoms with Crippen molar-refractivity contribution in [2.24, 2.45) is 0 Å². The summed E-state index contributed by atoms with van der Waals surface area (Å²) < 4.78 is 5.99. The number of ether oxygens (including phenoxy) is 1. The minimum absolute atomic E-state index is 0.154. The van der Waals surface area contributed by atoms with Crippen LogP contribution in [0.3, 0.4) is 0 Å². The van der Waals surface area contributed by atoms with Crippen LogP contribution < -0.4 is 10.1 Å². The maximum absolute atomic E-state index is 10.5. The second-order valence-corrected chi connectivity index (χ2v) is 9.96. The predicted molar refractivity (Wildman–Crippen MR) is 125 cm³/mol. The molecule has 0 radical (unpaired) electrons. The van der Waals surface area contributed by atoms with Crippen LogP contribution in [0.15, 0.2) is 17.0 Å². The van der Waals surface area contributed by atoms with E-state index in [1.54, 1.807) is 21.6 Å². The van der Waals surface area contributed by atoms with Crippen LogP contribution in [0.4, 0.5) is 0 Å². The van der Waals surface area contributed by atoms with Crippen molar-refractivity contribution in [1.82, 2.24) is 5.32 Å². The number of thioether (sulfide) groups is 1. The Bertz CT molecular complexity index is 531. The Morgan fingerprint density at radius 2 is 2.04 bits per heavy atom. The van der Waals surface area contributed by atoms with E-state index in [1.165, 1.54) is 16.0 Å². The van der Waals surface area contributed by atoms with Gasteiger partial charge in [0, 0.05) is 29.7 Å². The lowest BCUT2D eigenvalue weighted by molar-refractivity contribution is 0.0502. The highest BCUT2D eigenvalue weighted by molar-refractivity contribution is 8.76. The molecule has 0 bridgehead atoms. The average molecular weight is 436 g/mol. The van der Waals surface area contributed by atoms with Gasteiger partial charge in [-0.15, -0.1) is 0 Å². The molecule has 2 rings (SSSR count). The maximum Gasteiger partial charge on any atom is 0.130 e. The third-order valence-corrected chi connectivity index (χ3v) is 7.32. The molecule has 0 fully saturated rings. The van der Waals surface area contributed by atoms with Gasteiger partial charge in [0.15, 0.2) is 0 Å². The van der Waals surface area contributed by atoms with Crippen molar-refractivity contribution in [3.63, 3.8) is 0 Å². The molecule has 1 aromatic rings. The molecule has 3 nitrogen and oxygen atoms in total. The highest BCUT2D eigenvalue weighted by atomic mass is 33.1. The lowest BCUT2D eigenvalue weighted by Gasteiger charge is -2.20. The fourth-order valence-electron chi connectivity index (χ4n) is 2.76. The van der Waals surface area contributed by atoms with Crippen molar-refractivity contribution in [2.75, 3.05) is 31.4 Å². The van der Waals surface area contributed by atoms with Gasteiger partial charge >= 0.3 is 0 Å². The molecule has 3 unspecified atom stereocenters. The maximum atomic E-state index is 10.5. The van der Waals surface area contributed by atoms with Crippen molar-refractivity contribution in [2.45, 2.75) is 56.0 Å². The molecule has 0 aromatic heterocycles. The van der Waals surface area contributed by atoms with Crippen molar-refractivity contribution in [1.29, 1.82) is 0 Å². The van der Waals surface area contributed by atoms with Crippen LogP contribution in [0.2, 0.25) is 0 Å². The molecule has 0 saturated heterocycles. The van der Waals surface area contributed by atoms with Gasteiger partial charge in [0.05, 0.1) is 0 Å². The van der Waals surface area contributed by atoms with Gasteiger partial charge in [-0.25, -0.2) is 0 Å². The molecule has 0 spiro atoms. The number of hydrogen-bond acceptors (Lipinski definition) is 7. The minimum atomic E-state index is -0.493. The first-order valence-corrected chi connectivity index (χ1v) is 13.6. The number of thiol groups is 1. The Balaban J connectivity index is 0.00000163. The van der Waals surface area contributed by atoms with Crippen molar-refractivity contribution < 1.29 is 9.84 Å². The van der Waals surface area contributed by atoms with Gasteiger partial charge in [-0.05, 0) is 54.9 Å². The summed E-state index contributed by atoms with van der Waals surface area (Å²) in [5.41, 5.74) is 2.44. The average Bonchev–Trinajstić information content (AvgIpc) is 3.06. The number of aryl methyl sites for hydroxylation is 1. The standard InChI is InChI=1S/C17H27NO2S4.C2H6/c1-11-6-15-12(8-17(11)24-23-3)7-16(20-15)14(19)10-18-9-13(22-2)4-5-21;1-2/h6,8,13-14,16,18-19,21H,4-5,7,9-10H2,1-3H3;1-2H3. The zero-order chi connectivity index (χ0) is 19.5. The lowest BCUT2D eigenvalue weighted by Crippen LogP contribution is -2.40. The predicted octanol–water partition coefficient (Wildman–Crippen LogP) is 4.70. The van der Waals surface area contributed by atoms with Gasteiger partial charge in [-0.1, -0.05) is 35.4 Å². The van der Waals surface area contributed by atoms with Crippen LogP contribution in [0.25, 0.3) is 0 Å². The van der Waals surface area contributed by atoms with Gasteiger partial charge in [-0.3, -0.25) is 0 Å². The monoisotopic (exact) mass is 435 g/mol. The summed E-state index contributed by atoms with van der Waals surface area (Å²) in [5.74, 6) is 1.83. The van der Waals surface area contributed by atoms with E-state index in [4.69, 9.17) is 4.74 Å². The quantitative estimate of drug-likeness (QED) is 0.366. The van der Waals surface area contributed by atoms with Gasteiger partial charge in [0.2, 0.25) is 0 Å². The number of hydrogen-bond donors (Lipinski definition) is 3. The highest BCUT2D eigenvalue weighted by Gasteiger charge is 2.29. The highest BCUT2D eigenvalue weighted by Crippen LogP contribution is 2.39. The van der Waals surface area contributed by atoms with Crippen LogP contribution in [0, 0.1) is 6.92 Å². The number of nitrogens with one attached hydrogen (secondary N) is 1. The molecule has 0 amide bonds. The number of aliphatic hydroxyl groups is 1.